The first-order valence-corrected chi connectivity index (χ1v) is 5.66. The van der Waals surface area contributed by atoms with Gasteiger partial charge in [-0.1, -0.05) is 11.6 Å². The summed E-state index contributed by atoms with van der Waals surface area (Å²) in [4.78, 5) is 11.8. The molecule has 0 spiro atoms. The third kappa shape index (κ3) is 3.23. The van der Waals surface area contributed by atoms with Gasteiger partial charge in [0.05, 0.1) is 17.7 Å². The van der Waals surface area contributed by atoms with Crippen molar-refractivity contribution in [1.82, 2.24) is 9.55 Å². The molecule has 7 nitrogen and oxygen atoms in total. The van der Waals surface area contributed by atoms with E-state index in [1.54, 1.807) is 41.5 Å². The molecule has 0 fully saturated rings. The first-order valence-electron chi connectivity index (χ1n) is 5.28. The fourth-order valence-corrected chi connectivity index (χ4v) is 1.65. The lowest BCUT2D eigenvalue weighted by atomic mass is 10.2. The lowest BCUT2D eigenvalue weighted by Gasteiger charge is -2.07. The molecule has 1 aromatic heterocycles. The van der Waals surface area contributed by atoms with E-state index in [4.69, 9.17) is 28.8 Å². The van der Waals surface area contributed by atoms with Crippen molar-refractivity contribution >= 4 is 29.2 Å². The summed E-state index contributed by atoms with van der Waals surface area (Å²) in [6.07, 6.45) is 5.07. The molecule has 2 rings (SSSR count). The van der Waals surface area contributed by atoms with Crippen LogP contribution in [0.5, 0.6) is 0 Å². The SMILES string of the molecule is NC(N)=NC(N)=Nc1cc(Cl)ccc1-n1ccnc1. The Morgan fingerprint density at radius 2 is 2.05 bits per heavy atom. The van der Waals surface area contributed by atoms with Crippen molar-refractivity contribution in [2.24, 2.45) is 27.2 Å². The zero-order chi connectivity index (χ0) is 13.8. The number of nitrogens with two attached hydrogens (primary N) is 3. The number of rotatable bonds is 2. The third-order valence-corrected chi connectivity index (χ3v) is 2.43. The zero-order valence-corrected chi connectivity index (χ0v) is 10.6. The van der Waals surface area contributed by atoms with Crippen LogP contribution in [0.15, 0.2) is 46.9 Å². The van der Waals surface area contributed by atoms with Gasteiger partial charge in [-0.05, 0) is 18.2 Å². The fourth-order valence-electron chi connectivity index (χ4n) is 1.49. The van der Waals surface area contributed by atoms with Crippen LogP contribution in [0.2, 0.25) is 5.02 Å². The molecule has 98 valence electrons. The second kappa shape index (κ2) is 5.40. The predicted octanol–water partition coefficient (Wildman–Crippen LogP) is 0.745. The zero-order valence-electron chi connectivity index (χ0n) is 9.86. The van der Waals surface area contributed by atoms with E-state index in [9.17, 15) is 0 Å². The van der Waals surface area contributed by atoms with Crippen LogP contribution in [0.4, 0.5) is 5.69 Å². The molecule has 0 saturated heterocycles. The van der Waals surface area contributed by atoms with Crippen LogP contribution in [-0.4, -0.2) is 21.5 Å². The first-order chi connectivity index (χ1) is 9.06. The molecule has 0 radical (unpaired) electrons. The van der Waals surface area contributed by atoms with Crippen molar-refractivity contribution in [2.45, 2.75) is 0 Å². The largest absolute Gasteiger partial charge is 0.370 e. The van der Waals surface area contributed by atoms with Gasteiger partial charge >= 0.3 is 0 Å². The van der Waals surface area contributed by atoms with Crippen LogP contribution in [0.3, 0.4) is 0 Å². The molecule has 1 aromatic carbocycles. The normalized spacial score (nSPS) is 11.3. The summed E-state index contributed by atoms with van der Waals surface area (Å²) in [5, 5.41) is 0.528. The molecule has 6 N–H and O–H groups in total. The van der Waals surface area contributed by atoms with Crippen molar-refractivity contribution in [3.8, 4) is 5.69 Å². The Morgan fingerprint density at radius 1 is 1.26 bits per heavy atom. The molecule has 8 heteroatoms. The number of aliphatic imine (C=N–C) groups is 2. The number of nitrogens with zero attached hydrogens (tertiary/aromatic N) is 4. The van der Waals surface area contributed by atoms with Crippen molar-refractivity contribution < 1.29 is 0 Å². The molecule has 1 heterocycles. The molecule has 0 bridgehead atoms. The Kier molecular flexibility index (Phi) is 3.67. The standard InChI is InChI=1S/C11H12ClN7/c12-7-1-2-9(19-4-3-16-6-19)8(5-7)17-11(15)18-10(13)14/h1-6H,(H6,13,14,15,17,18). The maximum absolute atomic E-state index is 5.95. The summed E-state index contributed by atoms with van der Waals surface area (Å²) in [6.45, 7) is 0. The van der Waals surface area contributed by atoms with Crippen LogP contribution in [0.1, 0.15) is 0 Å². The first kappa shape index (κ1) is 12.9. The summed E-state index contributed by atoms with van der Waals surface area (Å²) in [5.41, 5.74) is 17.4. The summed E-state index contributed by atoms with van der Waals surface area (Å²) in [5.74, 6) is -0.212. The summed E-state index contributed by atoms with van der Waals surface area (Å²) < 4.78 is 1.78. The number of hydrogen-bond acceptors (Lipinski definition) is 2. The fraction of sp³-hybridized carbons (Fsp3) is 0. The third-order valence-electron chi connectivity index (χ3n) is 2.20. The monoisotopic (exact) mass is 277 g/mol. The van der Waals surface area contributed by atoms with Crippen LogP contribution in [0, 0.1) is 0 Å². The van der Waals surface area contributed by atoms with Crippen LogP contribution in [-0.2, 0) is 0 Å². The van der Waals surface area contributed by atoms with Gasteiger partial charge in [-0.15, -0.1) is 0 Å². The molecule has 0 atom stereocenters. The molecule has 2 aromatic rings. The van der Waals surface area contributed by atoms with E-state index in [1.807, 2.05) is 0 Å². The highest BCUT2D eigenvalue weighted by atomic mass is 35.5. The maximum atomic E-state index is 5.95. The number of benzene rings is 1. The molecule has 0 aliphatic rings. The number of halogens is 1. The highest BCUT2D eigenvalue weighted by Gasteiger charge is 2.05. The van der Waals surface area contributed by atoms with Gasteiger partial charge in [-0.2, -0.15) is 4.99 Å². The molecular formula is C11H12ClN7. The van der Waals surface area contributed by atoms with Crippen molar-refractivity contribution in [3.63, 3.8) is 0 Å². The average Bonchev–Trinajstić information content (AvgIpc) is 2.81. The van der Waals surface area contributed by atoms with E-state index in [-0.39, 0.29) is 11.9 Å². The summed E-state index contributed by atoms with van der Waals surface area (Å²) in [6, 6.07) is 5.20. The van der Waals surface area contributed by atoms with Gasteiger partial charge in [0, 0.05) is 17.4 Å². The molecule has 0 saturated carbocycles. The minimum absolute atomic E-state index is 0.0522. The van der Waals surface area contributed by atoms with Gasteiger partial charge in [0.25, 0.3) is 0 Å². The van der Waals surface area contributed by atoms with Gasteiger partial charge in [0.2, 0.25) is 5.96 Å². The lowest BCUT2D eigenvalue weighted by Crippen LogP contribution is -2.26. The predicted molar refractivity (Wildman–Crippen MR) is 75.7 cm³/mol. The van der Waals surface area contributed by atoms with E-state index < -0.39 is 0 Å². The van der Waals surface area contributed by atoms with E-state index in [0.29, 0.717) is 10.7 Å². The van der Waals surface area contributed by atoms with E-state index >= 15 is 0 Å². The molecule has 0 aliphatic heterocycles. The van der Waals surface area contributed by atoms with Gasteiger partial charge in [0.1, 0.15) is 0 Å². The van der Waals surface area contributed by atoms with E-state index in [0.717, 1.165) is 5.69 Å². The molecule has 0 aliphatic carbocycles. The Hall–Kier alpha value is -2.54. The minimum atomic E-state index is -0.160. The van der Waals surface area contributed by atoms with E-state index in [1.165, 1.54) is 0 Å². The van der Waals surface area contributed by atoms with Crippen LogP contribution in [0.25, 0.3) is 5.69 Å². The highest BCUT2D eigenvalue weighted by molar-refractivity contribution is 6.31. The number of guanidine groups is 2. The Morgan fingerprint density at radius 3 is 2.68 bits per heavy atom. The molecule has 19 heavy (non-hydrogen) atoms. The quantitative estimate of drug-likeness (QED) is 0.554. The maximum Gasteiger partial charge on any atom is 0.223 e. The van der Waals surface area contributed by atoms with Crippen LogP contribution >= 0.6 is 11.6 Å². The topological polar surface area (TPSA) is 121 Å². The van der Waals surface area contributed by atoms with E-state index in [2.05, 4.69) is 15.0 Å². The number of hydrogen-bond donors (Lipinski definition) is 3. The van der Waals surface area contributed by atoms with Crippen molar-refractivity contribution in [2.75, 3.05) is 0 Å². The van der Waals surface area contributed by atoms with Crippen molar-refractivity contribution in [1.29, 1.82) is 0 Å². The molecule has 0 amide bonds. The molecular weight excluding hydrogens is 266 g/mol. The van der Waals surface area contributed by atoms with Gasteiger partial charge < -0.3 is 21.8 Å². The number of aromatic nitrogens is 2. The highest BCUT2D eigenvalue weighted by Crippen LogP contribution is 2.27. The van der Waals surface area contributed by atoms with Gasteiger partial charge in [-0.3, -0.25) is 0 Å². The Bertz CT molecular complexity index is 626. The second-order valence-corrected chi connectivity index (χ2v) is 4.05. The summed E-state index contributed by atoms with van der Waals surface area (Å²) in [7, 11) is 0. The molecule has 0 unspecified atom stereocenters. The lowest BCUT2D eigenvalue weighted by molar-refractivity contribution is 1.05. The minimum Gasteiger partial charge on any atom is -0.370 e. The second-order valence-electron chi connectivity index (χ2n) is 3.61. The Labute approximate surface area is 114 Å². The van der Waals surface area contributed by atoms with Gasteiger partial charge in [-0.25, -0.2) is 9.98 Å². The van der Waals surface area contributed by atoms with Crippen LogP contribution < -0.4 is 17.2 Å². The summed E-state index contributed by atoms with van der Waals surface area (Å²) >= 11 is 5.95. The van der Waals surface area contributed by atoms with Crippen molar-refractivity contribution in [3.05, 3.63) is 41.9 Å². The number of imidazole rings is 1. The smallest absolute Gasteiger partial charge is 0.223 e. The Balaban J connectivity index is 2.50. The average molecular weight is 278 g/mol. The van der Waals surface area contributed by atoms with Gasteiger partial charge in [0.15, 0.2) is 5.96 Å².